The lowest BCUT2D eigenvalue weighted by atomic mass is 9.72. The Morgan fingerprint density at radius 1 is 1.05 bits per heavy atom. The van der Waals surface area contributed by atoms with Crippen LogP contribution in [0.3, 0.4) is 0 Å². The van der Waals surface area contributed by atoms with Gasteiger partial charge in [0.05, 0.1) is 19.8 Å². The predicted octanol–water partition coefficient (Wildman–Crippen LogP) is 5.97. The Morgan fingerprint density at radius 2 is 1.76 bits per heavy atom. The van der Waals surface area contributed by atoms with Crippen LogP contribution in [-0.4, -0.2) is 53.8 Å². The average molecular weight is 577 g/mol. The number of nitrogens with one attached hydrogen (secondary N) is 1. The number of carboxylic acids is 1. The second-order valence-corrected chi connectivity index (χ2v) is 14.6. The fourth-order valence-corrected chi connectivity index (χ4v) is 7.76. The summed E-state index contributed by atoms with van der Waals surface area (Å²) in [7, 11) is 1.68. The zero-order valence-electron chi connectivity index (χ0n) is 26.2. The number of carbonyl (C=O) groups is 2. The van der Waals surface area contributed by atoms with E-state index in [0.717, 1.165) is 36.1 Å². The first kappa shape index (κ1) is 30.6. The largest absolute Gasteiger partial charge is 0.496 e. The third-order valence-corrected chi connectivity index (χ3v) is 9.83. The average Bonchev–Trinajstić information content (AvgIpc) is 3.64. The maximum atomic E-state index is 14.5. The van der Waals surface area contributed by atoms with Gasteiger partial charge in [0.15, 0.2) is 0 Å². The number of hydrogen-bond donors (Lipinski definition) is 2. The molecule has 1 amide bonds. The molecule has 3 fully saturated rings. The number of amides is 1. The van der Waals surface area contributed by atoms with Gasteiger partial charge in [0, 0.05) is 24.1 Å². The third-order valence-electron chi connectivity index (χ3n) is 9.83. The molecule has 2 saturated heterocycles. The maximum absolute atomic E-state index is 14.5. The van der Waals surface area contributed by atoms with Crippen molar-refractivity contribution in [1.82, 2.24) is 10.2 Å². The molecule has 1 aliphatic carbocycles. The summed E-state index contributed by atoms with van der Waals surface area (Å²) in [6.45, 7) is 13.9. The number of ether oxygens (including phenoxy) is 2. The van der Waals surface area contributed by atoms with E-state index in [1.54, 1.807) is 12.0 Å². The highest BCUT2D eigenvalue weighted by molar-refractivity contribution is 5.88. The van der Waals surface area contributed by atoms with Gasteiger partial charge in [0.25, 0.3) is 5.91 Å². The monoisotopic (exact) mass is 576 g/mol. The minimum atomic E-state index is -0.993. The second-order valence-electron chi connectivity index (χ2n) is 14.6. The van der Waals surface area contributed by atoms with E-state index >= 15 is 0 Å². The fourth-order valence-electron chi connectivity index (χ4n) is 7.76. The van der Waals surface area contributed by atoms with E-state index in [-0.39, 0.29) is 29.2 Å². The minimum absolute atomic E-state index is 0.0358. The van der Waals surface area contributed by atoms with Crippen LogP contribution < -0.4 is 10.1 Å². The molecule has 228 valence electrons. The normalized spacial score (nSPS) is 29.5. The standard InChI is InChI=1S/C35H48N2O5/c1-34(2,3)24-16-17-26(41-7)23(18-24)19-36-28-27(35(4,5)6)30(33(39)40)37(29(28)21-12-9-8-10-13-21)32(38)31-25-15-11-14-22(25)20-42-31/h8-10,12-13,16-18,22,25,27-31,36H,11,14-15,19-20H2,1-7H3,(H,39,40)/t22-,25-,27-,28-,29-,30-,31?/m0/s1. The first-order valence-corrected chi connectivity index (χ1v) is 15.4. The molecule has 7 atom stereocenters. The Morgan fingerprint density at radius 3 is 2.38 bits per heavy atom. The van der Waals surface area contributed by atoms with Gasteiger partial charge in [0.1, 0.15) is 17.9 Å². The zero-order valence-corrected chi connectivity index (χ0v) is 26.2. The molecule has 7 heteroatoms. The van der Waals surface area contributed by atoms with Gasteiger partial charge in [-0.15, -0.1) is 0 Å². The first-order valence-electron chi connectivity index (χ1n) is 15.4. The molecule has 2 aliphatic heterocycles. The number of rotatable bonds is 7. The molecule has 2 heterocycles. The van der Waals surface area contributed by atoms with Crippen LogP contribution in [0.5, 0.6) is 5.75 Å². The number of likely N-dealkylation sites (tertiary alicyclic amines) is 1. The first-order chi connectivity index (χ1) is 19.8. The molecule has 2 aromatic rings. The summed E-state index contributed by atoms with van der Waals surface area (Å²) in [5.41, 5.74) is 2.69. The highest BCUT2D eigenvalue weighted by Crippen LogP contribution is 2.50. The molecule has 5 rings (SSSR count). The van der Waals surface area contributed by atoms with E-state index in [0.29, 0.717) is 19.1 Å². The van der Waals surface area contributed by atoms with Crippen LogP contribution in [0, 0.1) is 23.2 Å². The van der Waals surface area contributed by atoms with Gasteiger partial charge in [-0.2, -0.15) is 0 Å². The Kier molecular flexibility index (Phi) is 8.47. The van der Waals surface area contributed by atoms with Crippen LogP contribution >= 0.6 is 0 Å². The van der Waals surface area contributed by atoms with E-state index in [1.165, 1.54) is 5.56 Å². The number of carbonyl (C=O) groups excluding carboxylic acids is 1. The van der Waals surface area contributed by atoms with Crippen LogP contribution in [-0.2, 0) is 26.3 Å². The van der Waals surface area contributed by atoms with E-state index < -0.39 is 29.6 Å². The van der Waals surface area contributed by atoms with E-state index in [2.05, 4.69) is 59.0 Å². The summed E-state index contributed by atoms with van der Waals surface area (Å²) in [6, 6.07) is 14.4. The highest BCUT2D eigenvalue weighted by atomic mass is 16.5. The van der Waals surface area contributed by atoms with Gasteiger partial charge < -0.3 is 24.8 Å². The van der Waals surface area contributed by atoms with Crippen molar-refractivity contribution in [2.24, 2.45) is 23.2 Å². The van der Waals surface area contributed by atoms with Gasteiger partial charge >= 0.3 is 5.97 Å². The lowest BCUT2D eigenvalue weighted by Crippen LogP contribution is -2.51. The Bertz CT molecular complexity index is 1280. The Hall–Kier alpha value is -2.90. The summed E-state index contributed by atoms with van der Waals surface area (Å²) in [5.74, 6) is -0.186. The van der Waals surface area contributed by atoms with E-state index in [9.17, 15) is 14.7 Å². The van der Waals surface area contributed by atoms with Crippen LogP contribution in [0.2, 0.25) is 0 Å². The molecule has 0 radical (unpaired) electrons. The van der Waals surface area contributed by atoms with Crippen molar-refractivity contribution < 1.29 is 24.2 Å². The number of hydrogen-bond acceptors (Lipinski definition) is 5. The number of fused-ring (bicyclic) bond motifs is 1. The minimum Gasteiger partial charge on any atom is -0.496 e. The lowest BCUT2D eigenvalue weighted by molar-refractivity contribution is -0.157. The number of methoxy groups -OCH3 is 1. The zero-order chi connectivity index (χ0) is 30.4. The molecule has 0 aromatic heterocycles. The third kappa shape index (κ3) is 5.70. The highest BCUT2D eigenvalue weighted by Gasteiger charge is 2.60. The quantitative estimate of drug-likeness (QED) is 0.423. The fraction of sp³-hybridized carbons (Fsp3) is 0.600. The molecule has 2 aromatic carbocycles. The molecular weight excluding hydrogens is 528 g/mol. The maximum Gasteiger partial charge on any atom is 0.326 e. The van der Waals surface area contributed by atoms with Crippen molar-refractivity contribution >= 4 is 11.9 Å². The van der Waals surface area contributed by atoms with E-state index in [1.807, 2.05) is 36.4 Å². The summed E-state index contributed by atoms with van der Waals surface area (Å²) in [6.07, 6.45) is 2.53. The summed E-state index contributed by atoms with van der Waals surface area (Å²) in [5, 5.41) is 14.6. The number of nitrogens with zero attached hydrogens (tertiary/aromatic N) is 1. The molecule has 1 saturated carbocycles. The van der Waals surface area contributed by atoms with Crippen LogP contribution in [0.1, 0.15) is 83.5 Å². The molecule has 42 heavy (non-hydrogen) atoms. The van der Waals surface area contributed by atoms with E-state index in [4.69, 9.17) is 9.47 Å². The SMILES string of the molecule is COc1ccc(C(C)(C)C)cc1CN[C@H]1[C@H](C(C)(C)C)[C@@H](C(=O)O)N(C(=O)C2OC[C@@H]3CCC[C@H]23)[C@H]1c1ccccc1. The number of aliphatic carboxylic acids is 1. The van der Waals surface area contributed by atoms with Crippen molar-refractivity contribution in [1.29, 1.82) is 0 Å². The van der Waals surface area contributed by atoms with Gasteiger partial charge in [-0.05, 0) is 52.7 Å². The summed E-state index contributed by atoms with van der Waals surface area (Å²) < 4.78 is 11.9. The van der Waals surface area contributed by atoms with Crippen molar-refractivity contribution in [3.05, 3.63) is 65.2 Å². The molecule has 3 aliphatic rings. The molecule has 0 bridgehead atoms. The molecule has 0 spiro atoms. The van der Waals surface area contributed by atoms with Crippen molar-refractivity contribution in [3.63, 3.8) is 0 Å². The smallest absolute Gasteiger partial charge is 0.326 e. The predicted molar refractivity (Wildman–Crippen MR) is 163 cm³/mol. The van der Waals surface area contributed by atoms with Crippen LogP contribution in [0.4, 0.5) is 0 Å². The van der Waals surface area contributed by atoms with Crippen molar-refractivity contribution in [2.45, 2.75) is 97.0 Å². The molecule has 7 nitrogen and oxygen atoms in total. The topological polar surface area (TPSA) is 88.1 Å². The second kappa shape index (κ2) is 11.6. The molecule has 2 N–H and O–H groups in total. The summed E-state index contributed by atoms with van der Waals surface area (Å²) >= 11 is 0. The van der Waals surface area contributed by atoms with Crippen LogP contribution in [0.25, 0.3) is 0 Å². The van der Waals surface area contributed by atoms with Gasteiger partial charge in [-0.25, -0.2) is 4.79 Å². The lowest BCUT2D eigenvalue weighted by Gasteiger charge is -2.35. The van der Waals surface area contributed by atoms with Gasteiger partial charge in [-0.1, -0.05) is 90.4 Å². The number of carboxylic acid groups (broad SMARTS) is 1. The van der Waals surface area contributed by atoms with Gasteiger partial charge in [0.2, 0.25) is 0 Å². The Labute approximate surface area is 251 Å². The van der Waals surface area contributed by atoms with Crippen LogP contribution in [0.15, 0.2) is 48.5 Å². The molecular formula is C35H48N2O5. The van der Waals surface area contributed by atoms with Gasteiger partial charge in [-0.3, -0.25) is 4.79 Å². The van der Waals surface area contributed by atoms with Crippen molar-refractivity contribution in [2.75, 3.05) is 13.7 Å². The Balaban J connectivity index is 1.58. The van der Waals surface area contributed by atoms with Crippen molar-refractivity contribution in [3.8, 4) is 5.75 Å². The summed E-state index contributed by atoms with van der Waals surface area (Å²) in [4.78, 5) is 29.4. The number of benzene rings is 2. The molecule has 1 unspecified atom stereocenters.